The molecule has 0 atom stereocenters. The van der Waals surface area contributed by atoms with Crippen molar-refractivity contribution in [2.45, 2.75) is 44.6 Å². The van der Waals surface area contributed by atoms with Gasteiger partial charge in [-0.05, 0) is 12.8 Å². The standard InChI is InChI=1S/C19H20N4O3/c1-11(2)19-21-17(23-26-19)13-8-14(9-13)20-18(24)15-10-16(25-22-15)12-6-4-3-5-7-12/h3-7,10-11,13-14H,8-9H2,1-2H3,(H,20,24). The van der Waals surface area contributed by atoms with E-state index in [-0.39, 0.29) is 29.5 Å². The zero-order valence-electron chi connectivity index (χ0n) is 14.7. The third-order valence-corrected chi connectivity index (χ3v) is 4.59. The minimum absolute atomic E-state index is 0.0883. The molecule has 1 aromatic carbocycles. The lowest BCUT2D eigenvalue weighted by Crippen LogP contribution is -2.43. The topological polar surface area (TPSA) is 94.1 Å². The Morgan fingerprint density at radius 2 is 1.92 bits per heavy atom. The van der Waals surface area contributed by atoms with E-state index in [1.807, 2.05) is 44.2 Å². The van der Waals surface area contributed by atoms with Gasteiger partial charge in [0, 0.05) is 29.5 Å². The second-order valence-electron chi connectivity index (χ2n) is 6.93. The van der Waals surface area contributed by atoms with Crippen LogP contribution in [0.2, 0.25) is 0 Å². The Hall–Kier alpha value is -2.96. The molecule has 1 N–H and O–H groups in total. The van der Waals surface area contributed by atoms with E-state index < -0.39 is 0 Å². The Morgan fingerprint density at radius 1 is 1.15 bits per heavy atom. The van der Waals surface area contributed by atoms with E-state index in [1.54, 1.807) is 6.07 Å². The fourth-order valence-electron chi connectivity index (χ4n) is 2.97. The molecule has 7 nitrogen and oxygen atoms in total. The van der Waals surface area contributed by atoms with E-state index in [9.17, 15) is 4.79 Å². The van der Waals surface area contributed by atoms with Crippen LogP contribution >= 0.6 is 0 Å². The molecule has 1 aliphatic carbocycles. The predicted molar refractivity (Wildman–Crippen MR) is 93.6 cm³/mol. The normalized spacial score (nSPS) is 19.3. The van der Waals surface area contributed by atoms with E-state index in [4.69, 9.17) is 9.05 Å². The van der Waals surface area contributed by atoms with Gasteiger partial charge in [0.15, 0.2) is 17.3 Å². The molecule has 0 saturated heterocycles. The Bertz CT molecular complexity index is 894. The minimum atomic E-state index is -0.227. The summed E-state index contributed by atoms with van der Waals surface area (Å²) in [5.74, 6) is 2.19. The van der Waals surface area contributed by atoms with Crippen LogP contribution in [0.5, 0.6) is 0 Å². The number of nitrogens with one attached hydrogen (secondary N) is 1. The van der Waals surface area contributed by atoms with E-state index in [0.29, 0.717) is 11.7 Å². The van der Waals surface area contributed by atoms with Crippen LogP contribution in [0, 0.1) is 0 Å². The van der Waals surface area contributed by atoms with Gasteiger partial charge >= 0.3 is 0 Å². The molecule has 3 aromatic rings. The second kappa shape index (κ2) is 6.74. The van der Waals surface area contributed by atoms with Gasteiger partial charge in [-0.25, -0.2) is 0 Å². The molecule has 0 spiro atoms. The van der Waals surface area contributed by atoms with Crippen molar-refractivity contribution < 1.29 is 13.8 Å². The van der Waals surface area contributed by atoms with Gasteiger partial charge < -0.3 is 14.4 Å². The average Bonchev–Trinajstić information content (AvgIpc) is 3.28. The summed E-state index contributed by atoms with van der Waals surface area (Å²) in [6.45, 7) is 4.03. The highest BCUT2D eigenvalue weighted by atomic mass is 16.5. The quantitative estimate of drug-likeness (QED) is 0.755. The highest BCUT2D eigenvalue weighted by Crippen LogP contribution is 2.36. The Balaban J connectivity index is 1.33. The van der Waals surface area contributed by atoms with Crippen molar-refractivity contribution in [3.63, 3.8) is 0 Å². The first-order chi connectivity index (χ1) is 12.6. The van der Waals surface area contributed by atoms with Gasteiger partial charge in [-0.15, -0.1) is 0 Å². The van der Waals surface area contributed by atoms with Crippen LogP contribution in [0.4, 0.5) is 0 Å². The molecule has 0 bridgehead atoms. The number of aromatic nitrogens is 3. The van der Waals surface area contributed by atoms with Gasteiger partial charge in [-0.2, -0.15) is 4.98 Å². The predicted octanol–water partition coefficient (Wildman–Crippen LogP) is 3.52. The maximum absolute atomic E-state index is 12.3. The van der Waals surface area contributed by atoms with Crippen molar-refractivity contribution in [1.29, 1.82) is 0 Å². The smallest absolute Gasteiger partial charge is 0.273 e. The molecule has 2 heterocycles. The second-order valence-corrected chi connectivity index (χ2v) is 6.93. The summed E-state index contributed by atoms with van der Waals surface area (Å²) >= 11 is 0. The number of hydrogen-bond donors (Lipinski definition) is 1. The lowest BCUT2D eigenvalue weighted by molar-refractivity contribution is 0.0898. The summed E-state index contributed by atoms with van der Waals surface area (Å²) in [7, 11) is 0. The lowest BCUT2D eigenvalue weighted by Gasteiger charge is -2.33. The zero-order valence-corrected chi connectivity index (χ0v) is 14.7. The summed E-state index contributed by atoms with van der Waals surface area (Å²) in [5, 5.41) is 10.9. The van der Waals surface area contributed by atoms with Crippen molar-refractivity contribution >= 4 is 5.91 Å². The zero-order chi connectivity index (χ0) is 18.1. The van der Waals surface area contributed by atoms with Crippen molar-refractivity contribution in [3.05, 3.63) is 53.8 Å². The van der Waals surface area contributed by atoms with Crippen LogP contribution in [0.25, 0.3) is 11.3 Å². The molecule has 4 rings (SSSR count). The molecule has 134 valence electrons. The molecule has 7 heteroatoms. The average molecular weight is 352 g/mol. The Morgan fingerprint density at radius 3 is 2.62 bits per heavy atom. The number of nitrogens with zero attached hydrogens (tertiary/aromatic N) is 3. The Kier molecular flexibility index (Phi) is 4.28. The van der Waals surface area contributed by atoms with Gasteiger partial charge in [-0.1, -0.05) is 54.5 Å². The molecule has 0 unspecified atom stereocenters. The number of hydrogen-bond acceptors (Lipinski definition) is 6. The van der Waals surface area contributed by atoms with E-state index in [2.05, 4.69) is 20.6 Å². The third kappa shape index (κ3) is 3.24. The Labute approximate surface area is 150 Å². The molecule has 1 aliphatic rings. The van der Waals surface area contributed by atoms with Crippen molar-refractivity contribution in [2.75, 3.05) is 0 Å². The molecule has 0 aliphatic heterocycles. The van der Waals surface area contributed by atoms with E-state index in [1.165, 1.54) is 0 Å². The van der Waals surface area contributed by atoms with Crippen molar-refractivity contribution in [1.82, 2.24) is 20.6 Å². The summed E-state index contributed by atoms with van der Waals surface area (Å²) in [6.07, 6.45) is 1.60. The SMILES string of the molecule is CC(C)c1nc(C2CC(NC(=O)c3cc(-c4ccccc4)on3)C2)no1. The molecule has 2 aromatic heterocycles. The summed E-state index contributed by atoms with van der Waals surface area (Å²) in [5.41, 5.74) is 1.18. The van der Waals surface area contributed by atoms with E-state index in [0.717, 1.165) is 24.2 Å². The molecule has 0 radical (unpaired) electrons. The molecular weight excluding hydrogens is 332 g/mol. The van der Waals surface area contributed by atoms with Crippen LogP contribution in [-0.2, 0) is 0 Å². The first-order valence-electron chi connectivity index (χ1n) is 8.76. The van der Waals surface area contributed by atoms with Crippen LogP contribution < -0.4 is 5.32 Å². The van der Waals surface area contributed by atoms with Gasteiger partial charge in [0.2, 0.25) is 5.89 Å². The number of benzene rings is 1. The third-order valence-electron chi connectivity index (χ3n) is 4.59. The molecule has 1 fully saturated rings. The van der Waals surface area contributed by atoms with Gasteiger partial charge in [0.1, 0.15) is 0 Å². The highest BCUT2D eigenvalue weighted by Gasteiger charge is 2.35. The molecule has 1 amide bonds. The van der Waals surface area contributed by atoms with Gasteiger partial charge in [-0.3, -0.25) is 4.79 Å². The molecular formula is C19H20N4O3. The highest BCUT2D eigenvalue weighted by molar-refractivity contribution is 5.93. The summed E-state index contributed by atoms with van der Waals surface area (Å²) in [4.78, 5) is 16.8. The maximum Gasteiger partial charge on any atom is 0.273 e. The number of amides is 1. The fraction of sp³-hybridized carbons (Fsp3) is 0.368. The van der Waals surface area contributed by atoms with Crippen molar-refractivity contribution in [3.8, 4) is 11.3 Å². The molecule has 26 heavy (non-hydrogen) atoms. The van der Waals surface area contributed by atoms with Crippen LogP contribution in [0.15, 0.2) is 45.4 Å². The van der Waals surface area contributed by atoms with Gasteiger partial charge in [0.05, 0.1) is 0 Å². The number of carbonyl (C=O) groups is 1. The van der Waals surface area contributed by atoms with Crippen molar-refractivity contribution in [2.24, 2.45) is 0 Å². The van der Waals surface area contributed by atoms with Crippen LogP contribution in [0.1, 0.15) is 60.7 Å². The van der Waals surface area contributed by atoms with Crippen LogP contribution in [0.3, 0.4) is 0 Å². The monoisotopic (exact) mass is 352 g/mol. The van der Waals surface area contributed by atoms with E-state index >= 15 is 0 Å². The summed E-state index contributed by atoms with van der Waals surface area (Å²) < 4.78 is 10.5. The largest absolute Gasteiger partial charge is 0.355 e. The molecule has 1 saturated carbocycles. The number of rotatable bonds is 5. The van der Waals surface area contributed by atoms with Gasteiger partial charge in [0.25, 0.3) is 5.91 Å². The van der Waals surface area contributed by atoms with Crippen LogP contribution in [-0.4, -0.2) is 27.2 Å². The summed E-state index contributed by atoms with van der Waals surface area (Å²) in [6, 6.07) is 11.3. The first-order valence-corrected chi connectivity index (χ1v) is 8.76. The lowest BCUT2D eigenvalue weighted by atomic mass is 9.79. The fourth-order valence-corrected chi connectivity index (χ4v) is 2.97. The minimum Gasteiger partial charge on any atom is -0.355 e. The first kappa shape index (κ1) is 16.5. The maximum atomic E-state index is 12.3. The number of carbonyl (C=O) groups excluding carboxylic acids is 1.